The normalized spacial score (nSPS) is 13.9. The molecule has 3 rings (SSSR count). The van der Waals surface area contributed by atoms with Gasteiger partial charge in [-0.1, -0.05) is 24.3 Å². The van der Waals surface area contributed by atoms with Crippen LogP contribution in [0.4, 0.5) is 11.4 Å². The monoisotopic (exact) mass is 410 g/mol. The first-order valence-corrected chi connectivity index (χ1v) is 10.7. The van der Waals surface area contributed by atoms with Crippen LogP contribution in [-0.4, -0.2) is 38.7 Å². The summed E-state index contributed by atoms with van der Waals surface area (Å²) < 4.78 is 58.8. The molecular formula is C16H14N2O7S2. The van der Waals surface area contributed by atoms with Crippen molar-refractivity contribution in [3.63, 3.8) is 0 Å². The van der Waals surface area contributed by atoms with Gasteiger partial charge in [0.05, 0.1) is 28.3 Å². The number of hydrogen-bond donors (Lipinski definition) is 3. The van der Waals surface area contributed by atoms with Crippen LogP contribution < -0.4 is 10.5 Å². The Kier molecular flexibility index (Phi) is 4.33. The number of benzene rings is 2. The van der Waals surface area contributed by atoms with Crippen molar-refractivity contribution in [1.29, 1.82) is 0 Å². The molecule has 2 aromatic rings. The number of carbonyl (C=O) groups excluding carboxylic acids is 2. The summed E-state index contributed by atoms with van der Waals surface area (Å²) in [5, 5.41) is 0. The molecular weight excluding hydrogens is 396 g/mol. The number of fused-ring (bicyclic) bond motifs is 2. The van der Waals surface area contributed by atoms with Crippen LogP contribution in [0.5, 0.6) is 0 Å². The van der Waals surface area contributed by atoms with E-state index in [1.54, 1.807) is 0 Å². The molecule has 0 radical (unpaired) electrons. The van der Waals surface area contributed by atoms with Crippen LogP contribution in [0, 0.1) is 0 Å². The van der Waals surface area contributed by atoms with Crippen LogP contribution in [0.2, 0.25) is 0 Å². The fourth-order valence-corrected chi connectivity index (χ4v) is 4.11. The van der Waals surface area contributed by atoms with Gasteiger partial charge in [0.15, 0.2) is 11.6 Å². The maximum absolute atomic E-state index is 12.9. The van der Waals surface area contributed by atoms with Crippen LogP contribution in [0.25, 0.3) is 0 Å². The molecule has 0 saturated heterocycles. The Morgan fingerprint density at radius 1 is 1.00 bits per heavy atom. The summed E-state index contributed by atoms with van der Waals surface area (Å²) in [4.78, 5) is 24.9. The molecule has 0 unspecified atom stereocenters. The number of sulfonamides is 1. The van der Waals surface area contributed by atoms with Crippen molar-refractivity contribution >= 4 is 43.1 Å². The Labute approximate surface area is 155 Å². The van der Waals surface area contributed by atoms with E-state index in [0.717, 1.165) is 6.07 Å². The van der Waals surface area contributed by atoms with Crippen molar-refractivity contribution in [3.8, 4) is 0 Å². The van der Waals surface area contributed by atoms with Crippen LogP contribution in [0.15, 0.2) is 35.2 Å². The smallest absolute Gasteiger partial charge is 0.296 e. The second kappa shape index (κ2) is 6.15. The number of anilines is 2. The summed E-state index contributed by atoms with van der Waals surface area (Å²) in [5.41, 5.74) is 3.91. The van der Waals surface area contributed by atoms with Crippen LogP contribution in [0.3, 0.4) is 0 Å². The van der Waals surface area contributed by atoms with E-state index in [1.165, 1.54) is 31.2 Å². The Morgan fingerprint density at radius 3 is 2.00 bits per heavy atom. The highest BCUT2D eigenvalue weighted by molar-refractivity contribution is 7.92. The van der Waals surface area contributed by atoms with Gasteiger partial charge < -0.3 is 5.73 Å². The number of rotatable bonds is 4. The molecule has 2 aromatic carbocycles. The van der Waals surface area contributed by atoms with Crippen molar-refractivity contribution < 1.29 is 31.0 Å². The Morgan fingerprint density at radius 2 is 1.52 bits per heavy atom. The van der Waals surface area contributed by atoms with Gasteiger partial charge in [-0.2, -0.15) is 8.42 Å². The molecule has 0 atom stereocenters. The lowest BCUT2D eigenvalue weighted by molar-refractivity contribution is 0.0980. The van der Waals surface area contributed by atoms with E-state index in [-0.39, 0.29) is 22.4 Å². The lowest BCUT2D eigenvalue weighted by Gasteiger charge is -2.23. The number of nitrogen functional groups attached to an aromatic ring is 1. The second-order valence-electron chi connectivity index (χ2n) is 5.77. The standard InChI is InChI=1S/C16H14N2O7S2/c1-2-26(21,22)18-10-7-11(27(23,24)25)14(17)13-12(10)15(19)8-5-3-4-6-9(8)16(13)20/h3-7,18H,2,17H2,1H3,(H,23,24,25). The maximum atomic E-state index is 12.9. The summed E-state index contributed by atoms with van der Waals surface area (Å²) in [5.74, 6) is -1.81. The average Bonchev–Trinajstić information content (AvgIpc) is 2.59. The first-order valence-electron chi connectivity index (χ1n) is 7.60. The van der Waals surface area contributed by atoms with Crippen molar-refractivity contribution in [3.05, 3.63) is 52.6 Å². The van der Waals surface area contributed by atoms with Crippen molar-refractivity contribution in [1.82, 2.24) is 0 Å². The van der Waals surface area contributed by atoms with Crippen LogP contribution in [-0.2, 0) is 20.1 Å². The summed E-state index contributed by atoms with van der Waals surface area (Å²) in [7, 11) is -8.82. The zero-order chi connectivity index (χ0) is 20.1. The number of ketones is 2. The number of nitrogens with one attached hydrogen (secondary N) is 1. The zero-order valence-corrected chi connectivity index (χ0v) is 15.5. The van der Waals surface area contributed by atoms with E-state index in [4.69, 9.17) is 5.73 Å². The molecule has 142 valence electrons. The van der Waals surface area contributed by atoms with E-state index < -0.39 is 53.5 Å². The van der Waals surface area contributed by atoms with E-state index in [2.05, 4.69) is 4.72 Å². The van der Waals surface area contributed by atoms with Gasteiger partial charge in [-0.15, -0.1) is 0 Å². The number of hydrogen-bond acceptors (Lipinski definition) is 7. The Hall–Kier alpha value is -2.76. The number of nitrogens with two attached hydrogens (primary N) is 1. The summed E-state index contributed by atoms with van der Waals surface area (Å²) >= 11 is 0. The molecule has 0 spiro atoms. The van der Waals surface area contributed by atoms with Gasteiger partial charge in [0.2, 0.25) is 10.0 Å². The highest BCUT2D eigenvalue weighted by atomic mass is 32.2. The molecule has 0 amide bonds. The molecule has 0 bridgehead atoms. The van der Waals surface area contributed by atoms with Crippen molar-refractivity contribution in [2.24, 2.45) is 0 Å². The first-order chi connectivity index (χ1) is 12.5. The quantitative estimate of drug-likeness (QED) is 0.425. The highest BCUT2D eigenvalue weighted by Gasteiger charge is 2.37. The van der Waals surface area contributed by atoms with E-state index in [1.807, 2.05) is 0 Å². The summed E-state index contributed by atoms with van der Waals surface area (Å²) in [6.07, 6.45) is 0. The molecule has 0 fully saturated rings. The molecule has 0 heterocycles. The lowest BCUT2D eigenvalue weighted by atomic mass is 9.82. The van der Waals surface area contributed by atoms with Gasteiger partial charge in [0.1, 0.15) is 4.90 Å². The van der Waals surface area contributed by atoms with E-state index in [9.17, 15) is 31.0 Å². The maximum Gasteiger partial charge on any atom is 0.296 e. The molecule has 27 heavy (non-hydrogen) atoms. The molecule has 0 saturated carbocycles. The molecule has 0 aliphatic heterocycles. The molecule has 0 aromatic heterocycles. The molecule has 11 heteroatoms. The topological polar surface area (TPSA) is 161 Å². The van der Waals surface area contributed by atoms with Crippen LogP contribution >= 0.6 is 0 Å². The van der Waals surface area contributed by atoms with Gasteiger partial charge >= 0.3 is 0 Å². The van der Waals surface area contributed by atoms with Crippen molar-refractivity contribution in [2.75, 3.05) is 16.2 Å². The summed E-state index contributed by atoms with van der Waals surface area (Å²) in [6.45, 7) is 1.33. The third-order valence-corrected chi connectivity index (χ3v) is 6.31. The van der Waals surface area contributed by atoms with Gasteiger partial charge in [-0.05, 0) is 13.0 Å². The first kappa shape index (κ1) is 19.0. The number of carbonyl (C=O) groups is 2. The molecule has 1 aliphatic carbocycles. The predicted octanol–water partition coefficient (Wildman–Crippen LogP) is 1.05. The third kappa shape index (κ3) is 3.09. The minimum atomic E-state index is -4.89. The van der Waals surface area contributed by atoms with Gasteiger partial charge in [-0.3, -0.25) is 18.9 Å². The summed E-state index contributed by atoms with van der Waals surface area (Å²) in [6, 6.07) is 6.53. The van der Waals surface area contributed by atoms with Gasteiger partial charge in [-0.25, -0.2) is 8.42 Å². The largest absolute Gasteiger partial charge is 0.397 e. The molecule has 9 nitrogen and oxygen atoms in total. The van der Waals surface area contributed by atoms with Crippen molar-refractivity contribution in [2.45, 2.75) is 11.8 Å². The molecule has 4 N–H and O–H groups in total. The predicted molar refractivity (Wildman–Crippen MR) is 97.1 cm³/mol. The van der Waals surface area contributed by atoms with Gasteiger partial charge in [0, 0.05) is 11.1 Å². The SMILES string of the molecule is CCS(=O)(=O)Nc1cc(S(=O)(=O)O)c(N)c2c1C(=O)c1ccccc1C2=O. The molecule has 1 aliphatic rings. The van der Waals surface area contributed by atoms with Gasteiger partial charge in [0.25, 0.3) is 10.1 Å². The second-order valence-corrected chi connectivity index (χ2v) is 9.17. The average molecular weight is 410 g/mol. The lowest BCUT2D eigenvalue weighted by Crippen LogP contribution is -2.27. The highest BCUT2D eigenvalue weighted by Crippen LogP contribution is 2.39. The van der Waals surface area contributed by atoms with E-state index >= 15 is 0 Å². The fourth-order valence-electron chi connectivity index (χ4n) is 2.83. The van der Waals surface area contributed by atoms with E-state index in [0.29, 0.717) is 0 Å². The minimum absolute atomic E-state index is 0.00140. The Balaban J connectivity index is 2.43. The van der Waals surface area contributed by atoms with Crippen LogP contribution in [0.1, 0.15) is 38.8 Å². The fraction of sp³-hybridized carbons (Fsp3) is 0.125. The minimum Gasteiger partial charge on any atom is -0.397 e. The Bertz CT molecular complexity index is 1220. The third-order valence-electron chi connectivity index (χ3n) is 4.12. The zero-order valence-electron chi connectivity index (χ0n) is 13.9.